The highest BCUT2D eigenvalue weighted by molar-refractivity contribution is 7.88. The summed E-state index contributed by atoms with van der Waals surface area (Å²) in [6.07, 6.45) is 0.237. The third kappa shape index (κ3) is 5.40. The van der Waals surface area contributed by atoms with E-state index in [0.717, 1.165) is 6.07 Å². The molecule has 3 rings (SSSR count). The van der Waals surface area contributed by atoms with Gasteiger partial charge in [-0.2, -0.15) is 0 Å². The number of primary sulfonamides is 1. The van der Waals surface area contributed by atoms with Gasteiger partial charge in [0.15, 0.2) is 11.6 Å². The fourth-order valence-electron chi connectivity index (χ4n) is 3.01. The van der Waals surface area contributed by atoms with Gasteiger partial charge in [-0.05, 0) is 23.6 Å². The van der Waals surface area contributed by atoms with Crippen LogP contribution in [0.5, 0.6) is 5.75 Å². The zero-order chi connectivity index (χ0) is 20.3. The number of ether oxygens (including phenoxy) is 1. The highest BCUT2D eigenvalue weighted by atomic mass is 32.2. The number of amides is 2. The fraction of sp³-hybridized carbons (Fsp3) is 0.278. The largest absolute Gasteiger partial charge is 0.488 e. The first-order chi connectivity index (χ1) is 13.2. The molecule has 0 saturated carbocycles. The topological polar surface area (TPSA) is 111 Å². The first-order valence-corrected chi connectivity index (χ1v) is 10.1. The van der Waals surface area contributed by atoms with E-state index in [1.165, 1.54) is 6.07 Å². The molecule has 4 N–H and O–H groups in total. The van der Waals surface area contributed by atoms with E-state index in [1.807, 2.05) is 0 Å². The molecule has 10 heteroatoms. The molecule has 2 aromatic rings. The quantitative estimate of drug-likeness (QED) is 0.693. The van der Waals surface area contributed by atoms with Crippen LogP contribution in [0.25, 0.3) is 0 Å². The van der Waals surface area contributed by atoms with E-state index >= 15 is 0 Å². The van der Waals surface area contributed by atoms with E-state index in [0.29, 0.717) is 16.7 Å². The number of rotatable bonds is 5. The highest BCUT2D eigenvalue weighted by Crippen LogP contribution is 2.28. The van der Waals surface area contributed by atoms with Crippen LogP contribution in [0.4, 0.5) is 13.6 Å². The van der Waals surface area contributed by atoms with E-state index in [4.69, 9.17) is 9.88 Å². The SMILES string of the molecule is NS(=O)(=O)Cc1cccc(CNC(=O)NC2COc3c(F)cc(F)cc3C2)c1. The van der Waals surface area contributed by atoms with Crippen LogP contribution in [-0.4, -0.2) is 27.1 Å². The van der Waals surface area contributed by atoms with Crippen molar-refractivity contribution in [2.24, 2.45) is 5.14 Å². The molecule has 1 atom stereocenters. The van der Waals surface area contributed by atoms with E-state index in [1.54, 1.807) is 24.3 Å². The number of nitrogens with one attached hydrogen (secondary N) is 2. The van der Waals surface area contributed by atoms with E-state index in [9.17, 15) is 22.0 Å². The lowest BCUT2D eigenvalue weighted by atomic mass is 10.0. The Balaban J connectivity index is 1.55. The van der Waals surface area contributed by atoms with Crippen LogP contribution in [0, 0.1) is 11.6 Å². The van der Waals surface area contributed by atoms with Crippen molar-refractivity contribution in [2.45, 2.75) is 24.8 Å². The smallest absolute Gasteiger partial charge is 0.315 e. The first-order valence-electron chi connectivity index (χ1n) is 8.43. The van der Waals surface area contributed by atoms with Gasteiger partial charge in [0.2, 0.25) is 10.0 Å². The van der Waals surface area contributed by atoms with Crippen molar-refractivity contribution in [2.75, 3.05) is 6.61 Å². The lowest BCUT2D eigenvalue weighted by Gasteiger charge is -2.26. The monoisotopic (exact) mass is 411 g/mol. The molecule has 1 heterocycles. The van der Waals surface area contributed by atoms with E-state index in [-0.39, 0.29) is 31.1 Å². The number of fused-ring (bicyclic) bond motifs is 1. The van der Waals surface area contributed by atoms with Gasteiger partial charge < -0.3 is 15.4 Å². The number of urea groups is 1. The number of carbonyl (C=O) groups excluding carboxylic acids is 1. The normalized spacial score (nSPS) is 16.0. The summed E-state index contributed by atoms with van der Waals surface area (Å²) in [5.41, 5.74) is 1.57. The minimum absolute atomic E-state index is 0.00605. The van der Waals surface area contributed by atoms with Crippen LogP contribution < -0.4 is 20.5 Å². The molecule has 0 fully saturated rings. The molecule has 1 unspecified atom stereocenters. The van der Waals surface area contributed by atoms with Gasteiger partial charge in [0.05, 0.1) is 11.8 Å². The average molecular weight is 411 g/mol. The Morgan fingerprint density at radius 1 is 1.21 bits per heavy atom. The average Bonchev–Trinajstić information content (AvgIpc) is 2.58. The molecule has 7 nitrogen and oxygen atoms in total. The van der Waals surface area contributed by atoms with Gasteiger partial charge in [0, 0.05) is 18.2 Å². The molecular formula is C18H19F2N3O4S. The summed E-state index contributed by atoms with van der Waals surface area (Å²) >= 11 is 0. The summed E-state index contributed by atoms with van der Waals surface area (Å²) in [6.45, 7) is 0.227. The molecule has 0 aliphatic carbocycles. The number of sulfonamides is 1. The first kappa shape index (κ1) is 20.0. The maximum atomic E-state index is 13.7. The zero-order valence-corrected chi connectivity index (χ0v) is 15.6. The molecule has 0 saturated heterocycles. The third-order valence-corrected chi connectivity index (χ3v) is 4.86. The van der Waals surface area contributed by atoms with Gasteiger partial charge in [-0.1, -0.05) is 24.3 Å². The minimum atomic E-state index is -3.64. The van der Waals surface area contributed by atoms with Crippen molar-refractivity contribution < 1.29 is 26.7 Å². The molecule has 28 heavy (non-hydrogen) atoms. The van der Waals surface area contributed by atoms with Crippen LogP contribution >= 0.6 is 0 Å². The Kier molecular flexibility index (Phi) is 5.80. The summed E-state index contributed by atoms with van der Waals surface area (Å²) in [7, 11) is -3.64. The number of halogens is 2. The van der Waals surface area contributed by atoms with Gasteiger partial charge in [0.1, 0.15) is 12.4 Å². The van der Waals surface area contributed by atoms with Crippen molar-refractivity contribution in [3.63, 3.8) is 0 Å². The lowest BCUT2D eigenvalue weighted by molar-refractivity contribution is 0.209. The standard InChI is InChI=1S/C18H19F2N3O4S/c19-14-5-13-6-15(9-27-17(13)16(20)7-14)23-18(24)22-8-11-2-1-3-12(4-11)10-28(21,25)26/h1-5,7,15H,6,8-10H2,(H2,21,25,26)(H2,22,23,24). The molecule has 0 radical (unpaired) electrons. The molecular weight excluding hydrogens is 392 g/mol. The highest BCUT2D eigenvalue weighted by Gasteiger charge is 2.24. The number of nitrogens with two attached hydrogens (primary N) is 1. The molecule has 0 aromatic heterocycles. The Morgan fingerprint density at radius 2 is 1.96 bits per heavy atom. The maximum absolute atomic E-state index is 13.7. The van der Waals surface area contributed by atoms with Crippen LogP contribution in [0.15, 0.2) is 36.4 Å². The van der Waals surface area contributed by atoms with Crippen LogP contribution in [-0.2, 0) is 28.7 Å². The van der Waals surface area contributed by atoms with E-state index in [2.05, 4.69) is 10.6 Å². The molecule has 2 aromatic carbocycles. The number of hydrogen-bond donors (Lipinski definition) is 3. The summed E-state index contributed by atoms with van der Waals surface area (Å²) in [6, 6.07) is 7.68. The van der Waals surface area contributed by atoms with Crippen molar-refractivity contribution >= 4 is 16.1 Å². The summed E-state index contributed by atoms with van der Waals surface area (Å²) in [5, 5.41) is 10.4. The number of hydrogen-bond acceptors (Lipinski definition) is 4. The predicted octanol–water partition coefficient (Wildman–Crippen LogP) is 1.56. The summed E-state index contributed by atoms with van der Waals surface area (Å²) < 4.78 is 54.6. The molecule has 1 aliphatic rings. The summed E-state index contributed by atoms with van der Waals surface area (Å²) in [5.74, 6) is -1.76. The van der Waals surface area contributed by atoms with E-state index < -0.39 is 33.7 Å². The maximum Gasteiger partial charge on any atom is 0.315 e. The minimum Gasteiger partial charge on any atom is -0.488 e. The fourth-order valence-corrected chi connectivity index (χ4v) is 3.65. The Bertz CT molecular complexity index is 998. The second-order valence-electron chi connectivity index (χ2n) is 6.54. The van der Waals surface area contributed by atoms with Crippen LogP contribution in [0.2, 0.25) is 0 Å². The second-order valence-corrected chi connectivity index (χ2v) is 8.16. The van der Waals surface area contributed by atoms with Gasteiger partial charge >= 0.3 is 6.03 Å². The van der Waals surface area contributed by atoms with Gasteiger partial charge in [-0.15, -0.1) is 0 Å². The van der Waals surface area contributed by atoms with Crippen molar-refractivity contribution in [3.8, 4) is 5.75 Å². The second kappa shape index (κ2) is 8.11. The molecule has 150 valence electrons. The summed E-state index contributed by atoms with van der Waals surface area (Å²) in [4.78, 5) is 12.1. The lowest BCUT2D eigenvalue weighted by Crippen LogP contribution is -2.47. The number of carbonyl (C=O) groups is 1. The predicted molar refractivity (Wildman–Crippen MR) is 98.0 cm³/mol. The molecule has 0 bridgehead atoms. The van der Waals surface area contributed by atoms with Gasteiger partial charge in [-0.25, -0.2) is 27.1 Å². The Hall–Kier alpha value is -2.72. The molecule has 0 spiro atoms. The van der Waals surface area contributed by atoms with Crippen LogP contribution in [0.1, 0.15) is 16.7 Å². The molecule has 1 aliphatic heterocycles. The van der Waals surface area contributed by atoms with Crippen molar-refractivity contribution in [3.05, 3.63) is 64.7 Å². The van der Waals surface area contributed by atoms with Crippen molar-refractivity contribution in [1.82, 2.24) is 10.6 Å². The Morgan fingerprint density at radius 3 is 2.71 bits per heavy atom. The zero-order valence-electron chi connectivity index (χ0n) is 14.7. The van der Waals surface area contributed by atoms with Crippen molar-refractivity contribution in [1.29, 1.82) is 0 Å². The molecule has 2 amide bonds. The van der Waals surface area contributed by atoms with Crippen LogP contribution in [0.3, 0.4) is 0 Å². The van der Waals surface area contributed by atoms with Gasteiger partial charge in [0.25, 0.3) is 0 Å². The van der Waals surface area contributed by atoms with Gasteiger partial charge in [-0.3, -0.25) is 0 Å². The Labute approximate surface area is 160 Å². The third-order valence-electron chi connectivity index (χ3n) is 4.13. The number of benzene rings is 2.